The number of furan rings is 1. The number of para-hydroxylation sites is 2. The Morgan fingerprint density at radius 2 is 2.00 bits per heavy atom. The van der Waals surface area contributed by atoms with E-state index in [9.17, 15) is 14.9 Å². The van der Waals surface area contributed by atoms with Gasteiger partial charge in [-0.2, -0.15) is 0 Å². The van der Waals surface area contributed by atoms with Crippen molar-refractivity contribution < 1.29 is 9.34 Å². The van der Waals surface area contributed by atoms with Gasteiger partial charge in [-0.15, -0.1) is 0 Å². The lowest BCUT2D eigenvalue weighted by Crippen LogP contribution is -2.22. The summed E-state index contributed by atoms with van der Waals surface area (Å²) in [7, 11) is 0. The summed E-state index contributed by atoms with van der Waals surface area (Å²) in [6.07, 6.45) is 1.70. The van der Waals surface area contributed by atoms with Gasteiger partial charge >= 0.3 is 0 Å². The van der Waals surface area contributed by atoms with Gasteiger partial charge in [-0.3, -0.25) is 14.9 Å². The predicted octanol–water partition coefficient (Wildman–Crippen LogP) is 3.93. The van der Waals surface area contributed by atoms with Gasteiger partial charge in [0.1, 0.15) is 16.1 Å². The third-order valence-electron chi connectivity index (χ3n) is 4.73. The molecule has 0 spiro atoms. The zero-order chi connectivity index (χ0) is 20.1. The van der Waals surface area contributed by atoms with Crippen LogP contribution in [0.2, 0.25) is 0 Å². The molecule has 0 aliphatic carbocycles. The van der Waals surface area contributed by atoms with Crippen molar-refractivity contribution in [3.8, 4) is 11.3 Å². The molecule has 0 aliphatic rings. The summed E-state index contributed by atoms with van der Waals surface area (Å²) in [5, 5.41) is 10.9. The Balaban J connectivity index is 1.58. The highest BCUT2D eigenvalue weighted by Crippen LogP contribution is 2.28. The number of nitro benzene ring substituents is 1. The normalized spacial score (nSPS) is 12.2. The topological polar surface area (TPSA) is 90.6 Å². The molecule has 5 aromatic rings. The molecule has 0 saturated heterocycles. The van der Waals surface area contributed by atoms with Gasteiger partial charge in [0, 0.05) is 23.8 Å². The fourth-order valence-electron chi connectivity index (χ4n) is 3.35. The summed E-state index contributed by atoms with van der Waals surface area (Å²) in [5.41, 5.74) is 2.98. The van der Waals surface area contributed by atoms with Crippen LogP contribution in [-0.4, -0.2) is 14.3 Å². The lowest BCUT2D eigenvalue weighted by molar-refractivity contribution is -0.384. The first-order valence-electron chi connectivity index (χ1n) is 8.78. The van der Waals surface area contributed by atoms with E-state index < -0.39 is 4.92 Å². The van der Waals surface area contributed by atoms with E-state index >= 15 is 0 Å². The Hall–Kier alpha value is -3.78. The van der Waals surface area contributed by atoms with Crippen LogP contribution in [0.4, 0.5) is 5.69 Å². The summed E-state index contributed by atoms with van der Waals surface area (Å²) < 4.78 is 8.02. The van der Waals surface area contributed by atoms with Crippen LogP contribution in [0, 0.1) is 17.0 Å². The van der Waals surface area contributed by atoms with Gasteiger partial charge in [-0.25, -0.2) is 9.38 Å². The van der Waals surface area contributed by atoms with E-state index in [1.807, 2.05) is 24.3 Å². The van der Waals surface area contributed by atoms with Crippen LogP contribution in [-0.2, 0) is 0 Å². The first kappa shape index (κ1) is 17.3. The Morgan fingerprint density at radius 1 is 1.17 bits per heavy atom. The van der Waals surface area contributed by atoms with Crippen LogP contribution in [0.5, 0.6) is 0 Å². The van der Waals surface area contributed by atoms with Crippen molar-refractivity contribution in [1.82, 2.24) is 9.38 Å². The van der Waals surface area contributed by atoms with Gasteiger partial charge in [-0.1, -0.05) is 23.5 Å². The number of nitrogens with zero attached hydrogens (tertiary/aromatic N) is 3. The van der Waals surface area contributed by atoms with E-state index in [0.29, 0.717) is 21.0 Å². The highest BCUT2D eigenvalue weighted by Gasteiger charge is 2.13. The quantitative estimate of drug-likeness (QED) is 0.336. The minimum atomic E-state index is -0.426. The standard InChI is InChI=1S/C21H13N3O4S/c1-12-10-13(24(26)27)6-8-15(12)18-9-7-14(28-18)11-19-20(25)23-17-5-3-2-4-16(17)22-21(23)29-19/h2-11H,1H3/b19-11-. The summed E-state index contributed by atoms with van der Waals surface area (Å²) in [6.45, 7) is 1.80. The molecule has 7 nitrogen and oxygen atoms in total. The zero-order valence-corrected chi connectivity index (χ0v) is 16.0. The van der Waals surface area contributed by atoms with E-state index in [1.54, 1.807) is 35.6 Å². The van der Waals surface area contributed by atoms with E-state index in [-0.39, 0.29) is 11.2 Å². The first-order chi connectivity index (χ1) is 14.0. The monoisotopic (exact) mass is 403 g/mol. The van der Waals surface area contributed by atoms with Crippen molar-refractivity contribution in [2.45, 2.75) is 6.92 Å². The maximum absolute atomic E-state index is 12.8. The Labute approximate surface area is 167 Å². The second-order valence-corrected chi connectivity index (χ2v) is 7.60. The maximum Gasteiger partial charge on any atom is 0.275 e. The van der Waals surface area contributed by atoms with Crippen molar-refractivity contribution in [3.63, 3.8) is 0 Å². The highest BCUT2D eigenvalue weighted by atomic mass is 32.1. The molecule has 3 heterocycles. The van der Waals surface area contributed by atoms with Crippen molar-refractivity contribution in [1.29, 1.82) is 0 Å². The minimum absolute atomic E-state index is 0.0368. The molecule has 29 heavy (non-hydrogen) atoms. The number of aromatic nitrogens is 2. The molecule has 0 atom stereocenters. The Kier molecular flexibility index (Phi) is 3.82. The molecule has 0 aliphatic heterocycles. The fraction of sp³-hybridized carbons (Fsp3) is 0.0476. The van der Waals surface area contributed by atoms with Crippen LogP contribution in [0.1, 0.15) is 11.3 Å². The highest BCUT2D eigenvalue weighted by molar-refractivity contribution is 7.15. The number of rotatable bonds is 3. The van der Waals surface area contributed by atoms with Crippen LogP contribution in [0.25, 0.3) is 33.4 Å². The smallest absolute Gasteiger partial charge is 0.275 e. The molecule has 5 rings (SSSR count). The molecule has 142 valence electrons. The maximum atomic E-state index is 12.8. The van der Waals surface area contributed by atoms with E-state index in [4.69, 9.17) is 4.42 Å². The van der Waals surface area contributed by atoms with Crippen molar-refractivity contribution in [2.24, 2.45) is 0 Å². The Bertz CT molecular complexity index is 1530. The van der Waals surface area contributed by atoms with Crippen molar-refractivity contribution in [3.05, 3.63) is 90.9 Å². The molecular formula is C21H13N3O4S. The van der Waals surface area contributed by atoms with Gasteiger partial charge in [0.25, 0.3) is 11.2 Å². The van der Waals surface area contributed by atoms with Gasteiger partial charge in [-0.05, 0) is 42.8 Å². The predicted molar refractivity (Wildman–Crippen MR) is 111 cm³/mol. The lowest BCUT2D eigenvalue weighted by atomic mass is 10.1. The molecule has 2 aromatic carbocycles. The summed E-state index contributed by atoms with van der Waals surface area (Å²) in [5.74, 6) is 1.12. The number of hydrogen-bond acceptors (Lipinski definition) is 6. The van der Waals surface area contributed by atoms with E-state index in [1.165, 1.54) is 23.5 Å². The van der Waals surface area contributed by atoms with Crippen molar-refractivity contribution in [2.75, 3.05) is 0 Å². The molecule has 0 saturated carbocycles. The molecule has 0 radical (unpaired) electrons. The summed E-state index contributed by atoms with van der Waals surface area (Å²) in [4.78, 5) is 28.5. The number of nitro groups is 1. The number of aryl methyl sites for hydroxylation is 1. The molecule has 0 fully saturated rings. The van der Waals surface area contributed by atoms with Crippen LogP contribution < -0.4 is 10.1 Å². The molecule has 0 bridgehead atoms. The Morgan fingerprint density at radius 3 is 2.79 bits per heavy atom. The van der Waals surface area contributed by atoms with Crippen LogP contribution in [0.15, 0.2) is 63.8 Å². The van der Waals surface area contributed by atoms with E-state index in [2.05, 4.69) is 4.98 Å². The third kappa shape index (κ3) is 2.81. The molecule has 0 unspecified atom stereocenters. The van der Waals surface area contributed by atoms with Crippen molar-refractivity contribution >= 4 is 39.1 Å². The molecule has 0 amide bonds. The molecular weight excluding hydrogens is 390 g/mol. The largest absolute Gasteiger partial charge is 0.457 e. The second-order valence-electron chi connectivity index (χ2n) is 6.59. The van der Waals surface area contributed by atoms with Gasteiger partial charge in [0.2, 0.25) is 0 Å². The molecule has 3 aromatic heterocycles. The number of non-ortho nitro benzene ring substituents is 1. The second kappa shape index (κ2) is 6.39. The number of fused-ring (bicyclic) bond motifs is 3. The number of thiazole rings is 1. The number of imidazole rings is 1. The van der Waals surface area contributed by atoms with Gasteiger partial charge in [0.05, 0.1) is 16.0 Å². The first-order valence-corrected chi connectivity index (χ1v) is 9.60. The minimum Gasteiger partial charge on any atom is -0.457 e. The SMILES string of the molecule is Cc1cc([N+](=O)[O-])ccc1-c1ccc(/C=c2\sc3nc4ccccc4n3c2=O)o1. The van der Waals surface area contributed by atoms with Crippen LogP contribution >= 0.6 is 11.3 Å². The van der Waals surface area contributed by atoms with Crippen LogP contribution in [0.3, 0.4) is 0 Å². The fourth-order valence-corrected chi connectivity index (χ4v) is 4.32. The van der Waals surface area contributed by atoms with Gasteiger partial charge in [0.15, 0.2) is 4.96 Å². The average Bonchev–Trinajstić information content (AvgIpc) is 3.38. The summed E-state index contributed by atoms with van der Waals surface area (Å²) >= 11 is 1.31. The number of hydrogen-bond donors (Lipinski definition) is 0. The van der Waals surface area contributed by atoms with Gasteiger partial charge < -0.3 is 4.42 Å². The summed E-state index contributed by atoms with van der Waals surface area (Å²) in [6, 6.07) is 15.7. The lowest BCUT2D eigenvalue weighted by Gasteiger charge is -2.02. The zero-order valence-electron chi connectivity index (χ0n) is 15.2. The molecule has 8 heteroatoms. The molecule has 0 N–H and O–H groups in total. The average molecular weight is 403 g/mol. The third-order valence-corrected chi connectivity index (χ3v) is 5.70. The number of benzene rings is 2. The van der Waals surface area contributed by atoms with E-state index in [0.717, 1.165) is 22.2 Å².